The van der Waals surface area contributed by atoms with Crippen molar-refractivity contribution in [2.24, 2.45) is 5.41 Å². The SMILES string of the molecule is CC(C)(C)C(=O)NC1CCN(c2nncs2)CC1. The summed E-state index contributed by atoms with van der Waals surface area (Å²) in [5.74, 6) is 0.136. The van der Waals surface area contributed by atoms with Gasteiger partial charge in [0.25, 0.3) is 0 Å². The van der Waals surface area contributed by atoms with E-state index < -0.39 is 0 Å². The van der Waals surface area contributed by atoms with Gasteiger partial charge in [0.15, 0.2) is 0 Å². The Kier molecular flexibility index (Phi) is 3.85. The van der Waals surface area contributed by atoms with Crippen LogP contribution in [0.3, 0.4) is 0 Å². The van der Waals surface area contributed by atoms with Gasteiger partial charge in [0.1, 0.15) is 5.51 Å². The number of carbonyl (C=O) groups is 1. The standard InChI is InChI=1S/C12H20N4OS/c1-12(2,3)10(17)14-9-4-6-16(7-5-9)11-15-13-8-18-11/h8-9H,4-7H2,1-3H3,(H,14,17). The Hall–Kier alpha value is -1.17. The van der Waals surface area contributed by atoms with Crippen LogP contribution in [0.4, 0.5) is 5.13 Å². The highest BCUT2D eigenvalue weighted by Crippen LogP contribution is 2.22. The maximum Gasteiger partial charge on any atom is 0.225 e. The average molecular weight is 268 g/mol. The summed E-state index contributed by atoms with van der Waals surface area (Å²) in [6, 6.07) is 0.292. The fourth-order valence-corrected chi connectivity index (χ4v) is 2.54. The van der Waals surface area contributed by atoms with Crippen molar-refractivity contribution in [2.75, 3.05) is 18.0 Å². The third-order valence-electron chi connectivity index (χ3n) is 3.13. The van der Waals surface area contributed by atoms with Crippen LogP contribution in [0, 0.1) is 5.41 Å². The largest absolute Gasteiger partial charge is 0.353 e. The molecule has 0 aliphatic carbocycles. The smallest absolute Gasteiger partial charge is 0.225 e. The Balaban J connectivity index is 1.82. The van der Waals surface area contributed by atoms with Crippen LogP contribution in [0.1, 0.15) is 33.6 Å². The lowest BCUT2D eigenvalue weighted by atomic mass is 9.94. The van der Waals surface area contributed by atoms with Gasteiger partial charge in [-0.05, 0) is 12.8 Å². The molecule has 0 bridgehead atoms. The second kappa shape index (κ2) is 5.22. The number of aromatic nitrogens is 2. The first-order valence-electron chi connectivity index (χ1n) is 6.29. The topological polar surface area (TPSA) is 58.1 Å². The monoisotopic (exact) mass is 268 g/mol. The van der Waals surface area contributed by atoms with Gasteiger partial charge in [-0.1, -0.05) is 32.1 Å². The summed E-state index contributed by atoms with van der Waals surface area (Å²) in [6.45, 7) is 7.70. The van der Waals surface area contributed by atoms with Crippen LogP contribution in [0.15, 0.2) is 5.51 Å². The van der Waals surface area contributed by atoms with Gasteiger partial charge in [0.2, 0.25) is 11.0 Å². The van der Waals surface area contributed by atoms with Gasteiger partial charge >= 0.3 is 0 Å². The second-order valence-corrected chi connectivity index (χ2v) is 6.52. The molecule has 0 spiro atoms. The van der Waals surface area contributed by atoms with Crippen molar-refractivity contribution in [3.8, 4) is 0 Å². The van der Waals surface area contributed by atoms with E-state index in [1.807, 2.05) is 20.8 Å². The van der Waals surface area contributed by atoms with E-state index in [1.54, 1.807) is 16.8 Å². The molecular formula is C12H20N4OS. The van der Waals surface area contributed by atoms with Gasteiger partial charge < -0.3 is 10.2 Å². The third kappa shape index (κ3) is 3.19. The highest BCUT2D eigenvalue weighted by Gasteiger charge is 2.27. The molecule has 1 saturated heterocycles. The maximum absolute atomic E-state index is 11.9. The number of hydrogen-bond donors (Lipinski definition) is 1. The Bertz CT molecular complexity index is 391. The predicted molar refractivity (Wildman–Crippen MR) is 72.7 cm³/mol. The summed E-state index contributed by atoms with van der Waals surface area (Å²) in [5, 5.41) is 12.0. The highest BCUT2D eigenvalue weighted by atomic mass is 32.1. The van der Waals surface area contributed by atoms with Crippen LogP contribution in [-0.2, 0) is 4.79 Å². The van der Waals surface area contributed by atoms with Crippen LogP contribution < -0.4 is 10.2 Å². The zero-order valence-corrected chi connectivity index (χ0v) is 12.0. The molecule has 1 N–H and O–H groups in total. The number of hydrogen-bond acceptors (Lipinski definition) is 5. The minimum Gasteiger partial charge on any atom is -0.353 e. The molecule has 0 unspecified atom stereocenters. The molecule has 1 amide bonds. The predicted octanol–water partition coefficient (Wildman–Crippen LogP) is 1.67. The molecule has 2 rings (SSSR count). The van der Waals surface area contributed by atoms with E-state index in [4.69, 9.17) is 0 Å². The van der Waals surface area contributed by atoms with Crippen LogP contribution in [-0.4, -0.2) is 35.2 Å². The number of piperidine rings is 1. The molecule has 0 saturated carbocycles. The first kappa shape index (κ1) is 13.3. The number of anilines is 1. The van der Waals surface area contributed by atoms with Crippen LogP contribution >= 0.6 is 11.3 Å². The molecule has 0 aromatic carbocycles. The van der Waals surface area contributed by atoms with Crippen molar-refractivity contribution in [1.29, 1.82) is 0 Å². The van der Waals surface area contributed by atoms with Crippen molar-refractivity contribution in [1.82, 2.24) is 15.5 Å². The van der Waals surface area contributed by atoms with E-state index in [1.165, 1.54) is 0 Å². The highest BCUT2D eigenvalue weighted by molar-refractivity contribution is 7.13. The van der Waals surface area contributed by atoms with Crippen molar-refractivity contribution in [2.45, 2.75) is 39.7 Å². The summed E-state index contributed by atoms with van der Waals surface area (Å²) < 4.78 is 0. The van der Waals surface area contributed by atoms with Crippen molar-refractivity contribution >= 4 is 22.4 Å². The normalized spacial score (nSPS) is 17.8. The summed E-state index contributed by atoms with van der Waals surface area (Å²) >= 11 is 1.57. The van der Waals surface area contributed by atoms with E-state index in [0.717, 1.165) is 31.1 Å². The molecule has 1 aliphatic heterocycles. The van der Waals surface area contributed by atoms with Gasteiger partial charge in [-0.25, -0.2) is 0 Å². The number of carbonyl (C=O) groups excluding carboxylic acids is 1. The summed E-state index contributed by atoms with van der Waals surface area (Å²) in [5.41, 5.74) is 1.44. The molecule has 18 heavy (non-hydrogen) atoms. The molecular weight excluding hydrogens is 248 g/mol. The number of nitrogens with zero attached hydrogens (tertiary/aromatic N) is 3. The van der Waals surface area contributed by atoms with Gasteiger partial charge in [-0.3, -0.25) is 4.79 Å². The lowest BCUT2D eigenvalue weighted by molar-refractivity contribution is -0.129. The average Bonchev–Trinajstić information content (AvgIpc) is 2.82. The molecule has 1 aromatic rings. The van der Waals surface area contributed by atoms with Gasteiger partial charge in [-0.2, -0.15) is 0 Å². The fraction of sp³-hybridized carbons (Fsp3) is 0.750. The molecule has 0 radical (unpaired) electrons. The fourth-order valence-electron chi connectivity index (χ4n) is 1.92. The Morgan fingerprint density at radius 1 is 1.44 bits per heavy atom. The number of rotatable bonds is 2. The number of nitrogens with one attached hydrogen (secondary N) is 1. The van der Waals surface area contributed by atoms with Gasteiger partial charge in [0.05, 0.1) is 0 Å². The molecule has 2 heterocycles. The lowest BCUT2D eigenvalue weighted by Crippen LogP contribution is -2.47. The number of amides is 1. The van der Waals surface area contributed by atoms with E-state index in [0.29, 0.717) is 6.04 Å². The second-order valence-electron chi connectivity index (χ2n) is 5.71. The molecule has 6 heteroatoms. The summed E-state index contributed by atoms with van der Waals surface area (Å²) in [6.07, 6.45) is 1.95. The van der Waals surface area contributed by atoms with Crippen molar-refractivity contribution in [3.63, 3.8) is 0 Å². The van der Waals surface area contributed by atoms with E-state index in [9.17, 15) is 4.79 Å². The van der Waals surface area contributed by atoms with Crippen molar-refractivity contribution in [3.05, 3.63) is 5.51 Å². The molecule has 100 valence electrons. The van der Waals surface area contributed by atoms with Crippen LogP contribution in [0.5, 0.6) is 0 Å². The molecule has 0 atom stereocenters. The Labute approximate surface area is 112 Å². The molecule has 1 fully saturated rings. The summed E-state index contributed by atoms with van der Waals surface area (Å²) in [4.78, 5) is 14.1. The van der Waals surface area contributed by atoms with E-state index in [2.05, 4.69) is 20.4 Å². The van der Waals surface area contributed by atoms with E-state index in [-0.39, 0.29) is 11.3 Å². The first-order chi connectivity index (χ1) is 8.47. The quantitative estimate of drug-likeness (QED) is 0.886. The van der Waals surface area contributed by atoms with Crippen LogP contribution in [0.2, 0.25) is 0 Å². The third-order valence-corrected chi connectivity index (χ3v) is 3.88. The van der Waals surface area contributed by atoms with E-state index >= 15 is 0 Å². The first-order valence-corrected chi connectivity index (χ1v) is 7.17. The van der Waals surface area contributed by atoms with Crippen molar-refractivity contribution < 1.29 is 4.79 Å². The summed E-state index contributed by atoms with van der Waals surface area (Å²) in [7, 11) is 0. The zero-order chi connectivity index (χ0) is 13.2. The minimum absolute atomic E-state index is 0.136. The Morgan fingerprint density at radius 3 is 2.61 bits per heavy atom. The van der Waals surface area contributed by atoms with Gasteiger partial charge in [0, 0.05) is 24.5 Å². The maximum atomic E-state index is 11.9. The molecule has 1 aliphatic rings. The molecule has 1 aromatic heterocycles. The van der Waals surface area contributed by atoms with Gasteiger partial charge in [-0.15, -0.1) is 10.2 Å². The zero-order valence-electron chi connectivity index (χ0n) is 11.1. The Morgan fingerprint density at radius 2 is 2.11 bits per heavy atom. The minimum atomic E-state index is -0.309. The van der Waals surface area contributed by atoms with Crippen LogP contribution in [0.25, 0.3) is 0 Å². The lowest BCUT2D eigenvalue weighted by Gasteiger charge is -2.33. The molecule has 5 nitrogen and oxygen atoms in total.